The molecule has 2 aliphatic heterocycles. The van der Waals surface area contributed by atoms with Gasteiger partial charge >= 0.3 is 6.01 Å². The van der Waals surface area contributed by atoms with Crippen LogP contribution in [0.25, 0.3) is 22.4 Å². The first kappa shape index (κ1) is 24.5. The Bertz CT molecular complexity index is 1730. The highest BCUT2D eigenvalue weighted by Gasteiger charge is 2.48. The molecule has 0 saturated heterocycles. The van der Waals surface area contributed by atoms with E-state index in [1.165, 1.54) is 18.8 Å². The van der Waals surface area contributed by atoms with Crippen molar-refractivity contribution >= 4 is 34.8 Å². The van der Waals surface area contributed by atoms with Gasteiger partial charge in [0.25, 0.3) is 11.5 Å². The summed E-state index contributed by atoms with van der Waals surface area (Å²) in [5, 5.41) is 0.549. The average Bonchev–Trinajstić information content (AvgIpc) is 3.42. The van der Waals surface area contributed by atoms with Crippen molar-refractivity contribution in [2.24, 2.45) is 7.05 Å². The van der Waals surface area contributed by atoms with Gasteiger partial charge in [-0.25, -0.2) is 4.98 Å². The van der Waals surface area contributed by atoms with E-state index >= 15 is 0 Å². The second kappa shape index (κ2) is 8.61. The number of fused-ring (bicyclic) bond motifs is 8. The Morgan fingerprint density at radius 3 is 2.47 bits per heavy atom. The lowest BCUT2D eigenvalue weighted by atomic mass is 9.88. The molecule has 3 aromatic heterocycles. The number of halogens is 2. The van der Waals surface area contributed by atoms with Crippen LogP contribution in [0.1, 0.15) is 47.5 Å². The fourth-order valence-corrected chi connectivity index (χ4v) is 6.05. The molecule has 0 aliphatic carbocycles. The highest BCUT2D eigenvalue weighted by Crippen LogP contribution is 2.55. The Hall–Kier alpha value is -3.82. The van der Waals surface area contributed by atoms with E-state index in [0.29, 0.717) is 33.3 Å². The van der Waals surface area contributed by atoms with Gasteiger partial charge in [0.1, 0.15) is 11.1 Å². The standard InChI is InChI=1S/C27H23Cl2N5O4/c1-12(2)33-18(17-10-30-27(38-5)31-24(17)37-4)9-16-23(33)22-14-7-6-13(28)8-15(14)20-19(34(22)25(16)35)11-32(3)26(36)21(20)29/h6-12,22H,1-5H3. The number of pyridine rings is 1. The number of benzene rings is 1. The molecule has 9 nitrogen and oxygen atoms in total. The normalized spacial score (nSPS) is 15.3. The molecule has 5 heterocycles. The van der Waals surface area contributed by atoms with Gasteiger partial charge in [0.15, 0.2) is 0 Å². The smallest absolute Gasteiger partial charge is 0.319 e. The zero-order valence-corrected chi connectivity index (χ0v) is 22.8. The molecule has 1 aromatic carbocycles. The molecule has 38 heavy (non-hydrogen) atoms. The lowest BCUT2D eigenvalue weighted by molar-refractivity contribution is 0.0993. The molecular weight excluding hydrogens is 529 g/mol. The van der Waals surface area contributed by atoms with Gasteiger partial charge in [0.05, 0.1) is 42.4 Å². The van der Waals surface area contributed by atoms with Crippen molar-refractivity contribution in [1.82, 2.24) is 19.1 Å². The Kier molecular flexibility index (Phi) is 5.55. The molecule has 194 valence electrons. The molecule has 0 saturated carbocycles. The molecule has 0 radical (unpaired) electrons. The first-order valence-electron chi connectivity index (χ1n) is 11.9. The van der Waals surface area contributed by atoms with Crippen LogP contribution in [0.2, 0.25) is 10.0 Å². The van der Waals surface area contributed by atoms with Gasteiger partial charge in [-0.3, -0.25) is 14.5 Å². The van der Waals surface area contributed by atoms with Crippen LogP contribution in [0.4, 0.5) is 5.69 Å². The second-order valence-electron chi connectivity index (χ2n) is 9.50. The molecule has 0 fully saturated rings. The molecule has 1 atom stereocenters. The molecule has 1 unspecified atom stereocenters. The van der Waals surface area contributed by atoms with Gasteiger partial charge in [-0.15, -0.1) is 0 Å². The number of nitrogens with zero attached hydrogens (tertiary/aromatic N) is 5. The Balaban J connectivity index is 1.67. The minimum Gasteiger partial charge on any atom is -0.480 e. The van der Waals surface area contributed by atoms with Gasteiger partial charge in [0.2, 0.25) is 5.88 Å². The lowest BCUT2D eigenvalue weighted by Crippen LogP contribution is -2.35. The first-order valence-corrected chi connectivity index (χ1v) is 12.7. The summed E-state index contributed by atoms with van der Waals surface area (Å²) in [4.78, 5) is 37.3. The van der Waals surface area contributed by atoms with E-state index in [9.17, 15) is 9.59 Å². The summed E-state index contributed by atoms with van der Waals surface area (Å²) >= 11 is 13.0. The predicted octanol–water partition coefficient (Wildman–Crippen LogP) is 5.28. The summed E-state index contributed by atoms with van der Waals surface area (Å²) in [6.45, 7) is 4.10. The number of methoxy groups -OCH3 is 2. The Labute approximate surface area is 228 Å². The van der Waals surface area contributed by atoms with Crippen LogP contribution in [0, 0.1) is 0 Å². The van der Waals surface area contributed by atoms with Crippen molar-refractivity contribution < 1.29 is 14.3 Å². The van der Waals surface area contributed by atoms with Crippen LogP contribution < -0.4 is 19.9 Å². The summed E-state index contributed by atoms with van der Waals surface area (Å²) in [6.07, 6.45) is 3.29. The minimum atomic E-state index is -0.466. The average molecular weight is 552 g/mol. The summed E-state index contributed by atoms with van der Waals surface area (Å²) in [6, 6.07) is 7.00. The number of ether oxygens (including phenoxy) is 2. The fraction of sp³-hybridized carbons (Fsp3) is 0.259. The minimum absolute atomic E-state index is 0.0332. The van der Waals surface area contributed by atoms with E-state index in [1.807, 2.05) is 26.0 Å². The third-order valence-corrected chi connectivity index (χ3v) is 7.67. The number of aryl methyl sites for hydroxylation is 1. The van der Waals surface area contributed by atoms with E-state index in [1.54, 1.807) is 36.5 Å². The molecule has 1 amide bonds. The number of aromatic nitrogens is 4. The maximum absolute atomic E-state index is 14.1. The van der Waals surface area contributed by atoms with Crippen LogP contribution in [-0.4, -0.2) is 39.2 Å². The Morgan fingerprint density at radius 2 is 1.79 bits per heavy atom. The van der Waals surface area contributed by atoms with E-state index in [4.69, 9.17) is 32.7 Å². The van der Waals surface area contributed by atoms with Crippen molar-refractivity contribution in [2.75, 3.05) is 19.1 Å². The van der Waals surface area contributed by atoms with E-state index in [2.05, 4.69) is 14.5 Å². The van der Waals surface area contributed by atoms with E-state index < -0.39 is 6.04 Å². The van der Waals surface area contributed by atoms with Crippen LogP contribution in [0.15, 0.2) is 41.5 Å². The SMILES string of the molecule is COc1ncc(-c2cc3c(n2C(C)C)C2c4ccc(Cl)cc4-c4c(cn(C)c(=O)c4Cl)N2C3=O)c(OC)n1. The van der Waals surface area contributed by atoms with Gasteiger partial charge in [-0.1, -0.05) is 29.3 Å². The summed E-state index contributed by atoms with van der Waals surface area (Å²) in [7, 11) is 4.63. The highest BCUT2D eigenvalue weighted by atomic mass is 35.5. The fourth-order valence-electron chi connectivity index (χ4n) is 5.54. The molecule has 0 spiro atoms. The number of carbonyl (C=O) groups is 1. The van der Waals surface area contributed by atoms with Gasteiger partial charge in [-0.05, 0) is 43.2 Å². The van der Waals surface area contributed by atoms with Gasteiger partial charge < -0.3 is 18.6 Å². The monoisotopic (exact) mass is 551 g/mol. The predicted molar refractivity (Wildman–Crippen MR) is 145 cm³/mol. The molecule has 2 aliphatic rings. The van der Waals surface area contributed by atoms with Gasteiger partial charge in [-0.2, -0.15) is 4.98 Å². The number of carbonyl (C=O) groups excluding carboxylic acids is 1. The zero-order chi connectivity index (χ0) is 27.0. The van der Waals surface area contributed by atoms with Gasteiger partial charge in [0, 0.05) is 36.1 Å². The van der Waals surface area contributed by atoms with E-state index in [-0.39, 0.29) is 28.5 Å². The summed E-state index contributed by atoms with van der Waals surface area (Å²) < 4.78 is 14.2. The molecule has 6 rings (SSSR count). The van der Waals surface area contributed by atoms with Crippen LogP contribution in [0.3, 0.4) is 0 Å². The topological polar surface area (TPSA) is 91.5 Å². The van der Waals surface area contributed by atoms with Crippen LogP contribution in [0.5, 0.6) is 11.9 Å². The molecule has 11 heteroatoms. The lowest BCUT2D eigenvalue weighted by Gasteiger charge is -2.36. The van der Waals surface area contributed by atoms with Crippen molar-refractivity contribution in [1.29, 1.82) is 0 Å². The van der Waals surface area contributed by atoms with Crippen molar-refractivity contribution in [3.63, 3.8) is 0 Å². The van der Waals surface area contributed by atoms with Crippen molar-refractivity contribution in [3.05, 3.63) is 73.9 Å². The maximum atomic E-state index is 14.1. The number of hydrogen-bond acceptors (Lipinski definition) is 6. The van der Waals surface area contributed by atoms with Crippen molar-refractivity contribution in [2.45, 2.75) is 25.9 Å². The zero-order valence-electron chi connectivity index (χ0n) is 21.2. The van der Waals surface area contributed by atoms with E-state index in [0.717, 1.165) is 22.5 Å². The Morgan fingerprint density at radius 1 is 1.03 bits per heavy atom. The van der Waals surface area contributed by atoms with Crippen LogP contribution in [-0.2, 0) is 7.05 Å². The number of anilines is 1. The highest BCUT2D eigenvalue weighted by molar-refractivity contribution is 6.35. The number of amides is 1. The third kappa shape index (κ3) is 3.25. The van der Waals surface area contributed by atoms with Crippen molar-refractivity contribution in [3.8, 4) is 34.3 Å². The van der Waals surface area contributed by atoms with Crippen LogP contribution >= 0.6 is 23.2 Å². The molecule has 4 aromatic rings. The maximum Gasteiger partial charge on any atom is 0.319 e. The molecule has 0 bridgehead atoms. The quantitative estimate of drug-likeness (QED) is 0.342. The summed E-state index contributed by atoms with van der Waals surface area (Å²) in [5.74, 6) is 0.137. The molecule has 0 N–H and O–H groups in total. The third-order valence-electron chi connectivity index (χ3n) is 7.08. The first-order chi connectivity index (χ1) is 18.2. The second-order valence-corrected chi connectivity index (χ2v) is 10.3. The number of rotatable bonds is 4. The largest absolute Gasteiger partial charge is 0.480 e. The molecular formula is C27H23Cl2N5O4. The number of hydrogen-bond donors (Lipinski definition) is 0. The summed E-state index contributed by atoms with van der Waals surface area (Å²) in [5.41, 5.74) is 5.00.